The van der Waals surface area contributed by atoms with Crippen molar-refractivity contribution in [2.45, 2.75) is 6.61 Å². The van der Waals surface area contributed by atoms with Crippen LogP contribution in [0.25, 0.3) is 22.4 Å². The number of rotatable bonds is 5. The second-order valence-electron chi connectivity index (χ2n) is 5.92. The van der Waals surface area contributed by atoms with Crippen molar-refractivity contribution in [3.63, 3.8) is 0 Å². The molecule has 1 heterocycles. The number of para-hydroxylation sites is 2. The highest BCUT2D eigenvalue weighted by Gasteiger charge is 2.15. The maximum Gasteiger partial charge on any atom is 0.176 e. The van der Waals surface area contributed by atoms with Crippen LogP contribution in [0.2, 0.25) is 5.02 Å². The molecule has 3 aromatic carbocycles. The van der Waals surface area contributed by atoms with Crippen LogP contribution in [-0.4, -0.2) is 16.8 Å². The molecule has 4 aromatic rings. The summed E-state index contributed by atoms with van der Waals surface area (Å²) in [4.78, 5) is 10.6. The molecule has 0 unspecified atom stereocenters. The van der Waals surface area contributed by atoms with Crippen molar-refractivity contribution in [2.24, 2.45) is 0 Å². The van der Waals surface area contributed by atoms with Crippen LogP contribution in [0.3, 0.4) is 0 Å². The van der Waals surface area contributed by atoms with E-state index in [2.05, 4.69) is 4.98 Å². The number of nitrogens with zero attached hydrogens (tertiary/aromatic N) is 2. The van der Waals surface area contributed by atoms with Gasteiger partial charge in [0.15, 0.2) is 5.82 Å². The van der Waals surface area contributed by atoms with Crippen molar-refractivity contribution in [3.8, 4) is 17.1 Å². The highest BCUT2D eigenvalue weighted by atomic mass is 35.5. The molecule has 0 aliphatic carbocycles. The summed E-state index contributed by atoms with van der Waals surface area (Å²) < 4.78 is 20.9. The molecule has 1 aromatic heterocycles. The molecule has 6 heteroatoms. The van der Waals surface area contributed by atoms with Crippen LogP contribution in [0.1, 0.15) is 5.56 Å². The molecular formula is C21H16ClFN2O2. The highest BCUT2D eigenvalue weighted by Crippen LogP contribution is 2.26. The van der Waals surface area contributed by atoms with Crippen LogP contribution in [0.15, 0.2) is 66.7 Å². The topological polar surface area (TPSA) is 36.3 Å². The van der Waals surface area contributed by atoms with Crippen LogP contribution < -0.4 is 9.57 Å². The van der Waals surface area contributed by atoms with Gasteiger partial charge >= 0.3 is 0 Å². The van der Waals surface area contributed by atoms with Gasteiger partial charge in [0.25, 0.3) is 0 Å². The molecular weight excluding hydrogens is 367 g/mol. The third-order valence-electron chi connectivity index (χ3n) is 4.27. The van der Waals surface area contributed by atoms with Gasteiger partial charge in [0.1, 0.15) is 23.7 Å². The van der Waals surface area contributed by atoms with Crippen LogP contribution in [0.5, 0.6) is 5.75 Å². The largest absolute Gasteiger partial charge is 0.497 e. The Labute approximate surface area is 160 Å². The van der Waals surface area contributed by atoms with E-state index >= 15 is 0 Å². The van der Waals surface area contributed by atoms with Crippen molar-refractivity contribution in [1.29, 1.82) is 0 Å². The zero-order valence-corrected chi connectivity index (χ0v) is 15.3. The van der Waals surface area contributed by atoms with Crippen LogP contribution >= 0.6 is 11.6 Å². The minimum Gasteiger partial charge on any atom is -0.497 e. The molecule has 0 radical (unpaired) electrons. The van der Waals surface area contributed by atoms with Crippen LogP contribution in [0.4, 0.5) is 4.39 Å². The van der Waals surface area contributed by atoms with E-state index < -0.39 is 5.82 Å². The van der Waals surface area contributed by atoms with Crippen molar-refractivity contribution in [3.05, 3.63) is 83.1 Å². The average Bonchev–Trinajstić information content (AvgIpc) is 3.06. The number of ether oxygens (including phenoxy) is 1. The standard InChI is InChI=1S/C21H16ClFN2O2/c1-26-15-11-9-14(10-12-15)21-24-19-7-2-3-8-20(19)25(21)27-13-16-17(22)5-4-6-18(16)23/h2-12H,13H2,1H3. The van der Waals surface area contributed by atoms with Crippen LogP contribution in [0, 0.1) is 5.82 Å². The monoisotopic (exact) mass is 382 g/mol. The summed E-state index contributed by atoms with van der Waals surface area (Å²) in [7, 11) is 1.62. The Morgan fingerprint density at radius 3 is 2.52 bits per heavy atom. The summed E-state index contributed by atoms with van der Waals surface area (Å²) in [6, 6.07) is 19.7. The molecule has 136 valence electrons. The van der Waals surface area contributed by atoms with Gasteiger partial charge in [-0.15, -0.1) is 0 Å². The lowest BCUT2D eigenvalue weighted by molar-refractivity contribution is 0.108. The minimum absolute atomic E-state index is 0.0188. The molecule has 0 N–H and O–H groups in total. The molecule has 0 atom stereocenters. The maximum atomic E-state index is 14.1. The van der Waals surface area contributed by atoms with Gasteiger partial charge in [-0.2, -0.15) is 4.73 Å². The van der Waals surface area contributed by atoms with Crippen molar-refractivity contribution < 1.29 is 14.0 Å². The van der Waals surface area contributed by atoms with Gasteiger partial charge in [-0.3, -0.25) is 0 Å². The Morgan fingerprint density at radius 1 is 1.00 bits per heavy atom. The third kappa shape index (κ3) is 3.34. The summed E-state index contributed by atoms with van der Waals surface area (Å²) in [5.41, 5.74) is 2.72. The zero-order chi connectivity index (χ0) is 18.8. The van der Waals surface area contributed by atoms with Crippen molar-refractivity contribution in [1.82, 2.24) is 9.71 Å². The Balaban J connectivity index is 1.76. The Bertz CT molecular complexity index is 1070. The molecule has 27 heavy (non-hydrogen) atoms. The van der Waals surface area contributed by atoms with Gasteiger partial charge in [-0.1, -0.05) is 29.8 Å². The van der Waals surface area contributed by atoms with E-state index in [1.54, 1.807) is 24.0 Å². The number of benzene rings is 3. The van der Waals surface area contributed by atoms with E-state index in [-0.39, 0.29) is 6.61 Å². The van der Waals surface area contributed by atoms with Gasteiger partial charge < -0.3 is 9.57 Å². The van der Waals surface area contributed by atoms with E-state index in [4.69, 9.17) is 21.2 Å². The van der Waals surface area contributed by atoms with Gasteiger partial charge in [0.2, 0.25) is 0 Å². The molecule has 0 saturated heterocycles. The number of fused-ring (bicyclic) bond motifs is 1. The van der Waals surface area contributed by atoms with Gasteiger partial charge in [-0.05, 0) is 48.5 Å². The molecule has 0 saturated carbocycles. The maximum absolute atomic E-state index is 14.1. The first-order chi connectivity index (χ1) is 13.2. The number of halogens is 2. The van der Waals surface area contributed by atoms with Gasteiger partial charge in [-0.25, -0.2) is 9.37 Å². The summed E-state index contributed by atoms with van der Waals surface area (Å²) in [6.07, 6.45) is 0. The first kappa shape index (κ1) is 17.4. The Hall–Kier alpha value is -3.05. The predicted molar refractivity (Wildman–Crippen MR) is 103 cm³/mol. The normalized spacial score (nSPS) is 10.9. The molecule has 4 rings (SSSR count). The fourth-order valence-electron chi connectivity index (χ4n) is 2.86. The molecule has 0 aliphatic heterocycles. The fraction of sp³-hybridized carbons (Fsp3) is 0.0952. The molecule has 0 aliphatic rings. The summed E-state index contributed by atoms with van der Waals surface area (Å²) in [6.45, 7) is -0.0188. The highest BCUT2D eigenvalue weighted by molar-refractivity contribution is 6.31. The summed E-state index contributed by atoms with van der Waals surface area (Å²) in [5.74, 6) is 0.963. The van der Waals surface area contributed by atoms with E-state index in [1.807, 2.05) is 48.5 Å². The van der Waals surface area contributed by atoms with Crippen molar-refractivity contribution >= 4 is 22.6 Å². The summed E-state index contributed by atoms with van der Waals surface area (Å²) >= 11 is 6.12. The molecule has 0 amide bonds. The average molecular weight is 383 g/mol. The first-order valence-electron chi connectivity index (χ1n) is 8.35. The molecule has 4 nitrogen and oxygen atoms in total. The quantitative estimate of drug-likeness (QED) is 0.480. The SMILES string of the molecule is COc1ccc(-c2nc3ccccc3n2OCc2c(F)cccc2Cl)cc1. The summed E-state index contributed by atoms with van der Waals surface area (Å²) in [5, 5.41) is 0.324. The number of hydrogen-bond acceptors (Lipinski definition) is 3. The smallest absolute Gasteiger partial charge is 0.176 e. The Morgan fingerprint density at radius 2 is 1.78 bits per heavy atom. The molecule has 0 fully saturated rings. The predicted octanol–water partition coefficient (Wildman–Crippen LogP) is 5.13. The van der Waals surface area contributed by atoms with Crippen molar-refractivity contribution in [2.75, 3.05) is 7.11 Å². The molecule has 0 spiro atoms. The molecule has 0 bridgehead atoms. The van der Waals surface area contributed by atoms with Gasteiger partial charge in [0.05, 0.1) is 17.6 Å². The number of imidazole rings is 1. The van der Waals surface area contributed by atoms with Gasteiger partial charge in [0, 0.05) is 11.1 Å². The number of aromatic nitrogens is 2. The van der Waals surface area contributed by atoms with Crippen LogP contribution in [-0.2, 0) is 6.61 Å². The zero-order valence-electron chi connectivity index (χ0n) is 14.5. The van der Waals surface area contributed by atoms with E-state index in [9.17, 15) is 4.39 Å². The second-order valence-corrected chi connectivity index (χ2v) is 6.33. The van der Waals surface area contributed by atoms with E-state index in [0.29, 0.717) is 16.4 Å². The fourth-order valence-corrected chi connectivity index (χ4v) is 3.07. The number of methoxy groups -OCH3 is 1. The first-order valence-corrected chi connectivity index (χ1v) is 8.73. The lowest BCUT2D eigenvalue weighted by Crippen LogP contribution is -2.13. The lowest BCUT2D eigenvalue weighted by Gasteiger charge is -2.13. The van der Waals surface area contributed by atoms with E-state index in [1.165, 1.54) is 6.07 Å². The second kappa shape index (κ2) is 7.29. The lowest BCUT2D eigenvalue weighted by atomic mass is 10.2. The van der Waals surface area contributed by atoms with E-state index in [0.717, 1.165) is 22.3 Å². The Kier molecular flexibility index (Phi) is 4.69. The number of hydrogen-bond donors (Lipinski definition) is 0. The minimum atomic E-state index is -0.405. The third-order valence-corrected chi connectivity index (χ3v) is 4.62.